The lowest BCUT2D eigenvalue weighted by Crippen LogP contribution is -2.52. The number of fused-ring (bicyclic) bond motifs is 1. The van der Waals surface area contributed by atoms with Gasteiger partial charge in [0.15, 0.2) is 5.82 Å². The molecule has 0 aliphatic carbocycles. The second-order valence-corrected chi connectivity index (χ2v) is 7.99. The zero-order valence-corrected chi connectivity index (χ0v) is 16.3. The summed E-state index contributed by atoms with van der Waals surface area (Å²) in [5.41, 5.74) is 1.07. The van der Waals surface area contributed by atoms with Crippen molar-refractivity contribution in [2.24, 2.45) is 0 Å². The maximum absolute atomic E-state index is 12.4. The minimum atomic E-state index is -0.202. The number of nitrogens with one attached hydrogen (secondary N) is 1. The number of rotatable bonds is 5. The number of hydrogen-bond donors (Lipinski definition) is 1. The Morgan fingerprint density at radius 1 is 1.30 bits per heavy atom. The van der Waals surface area contributed by atoms with Crippen molar-refractivity contribution in [3.05, 3.63) is 41.1 Å². The molecule has 3 aromatic rings. The monoisotopic (exact) mass is 385 g/mol. The lowest BCUT2D eigenvalue weighted by molar-refractivity contribution is -0.121. The van der Waals surface area contributed by atoms with E-state index in [1.807, 2.05) is 13.0 Å². The van der Waals surface area contributed by atoms with Gasteiger partial charge in [-0.05, 0) is 26.0 Å². The average Bonchev–Trinajstić information content (AvgIpc) is 3.26. The first kappa shape index (κ1) is 18.1. The number of piperazine rings is 1. The van der Waals surface area contributed by atoms with Crippen LogP contribution in [0.5, 0.6) is 0 Å². The van der Waals surface area contributed by atoms with Gasteiger partial charge in [-0.3, -0.25) is 14.6 Å². The van der Waals surface area contributed by atoms with Gasteiger partial charge in [-0.25, -0.2) is 4.98 Å². The molecule has 8 heteroatoms. The Bertz CT molecular complexity index is 896. The van der Waals surface area contributed by atoms with Crippen molar-refractivity contribution in [1.82, 2.24) is 19.9 Å². The van der Waals surface area contributed by atoms with Crippen LogP contribution >= 0.6 is 11.3 Å². The molecule has 0 unspecified atom stereocenters. The summed E-state index contributed by atoms with van der Waals surface area (Å²) in [5, 5.41) is 7.79. The third kappa shape index (κ3) is 4.18. The molecule has 0 radical (unpaired) electrons. The van der Waals surface area contributed by atoms with Crippen molar-refractivity contribution in [2.45, 2.75) is 26.4 Å². The quantitative estimate of drug-likeness (QED) is 0.728. The van der Waals surface area contributed by atoms with E-state index in [-0.39, 0.29) is 11.9 Å². The van der Waals surface area contributed by atoms with Crippen LogP contribution < -0.4 is 5.32 Å². The van der Waals surface area contributed by atoms with E-state index in [4.69, 9.17) is 9.51 Å². The molecule has 27 heavy (non-hydrogen) atoms. The fourth-order valence-corrected chi connectivity index (χ4v) is 4.32. The number of anilines is 1. The van der Waals surface area contributed by atoms with Crippen molar-refractivity contribution in [2.75, 3.05) is 31.5 Å². The number of amides is 1. The second kappa shape index (κ2) is 7.75. The normalized spacial score (nSPS) is 17.3. The molecule has 1 atom stereocenters. The fourth-order valence-electron chi connectivity index (χ4n) is 3.31. The van der Waals surface area contributed by atoms with E-state index in [2.05, 4.69) is 38.5 Å². The number of para-hydroxylation sites is 1. The van der Waals surface area contributed by atoms with Crippen molar-refractivity contribution in [1.29, 1.82) is 0 Å². The summed E-state index contributed by atoms with van der Waals surface area (Å²) >= 11 is 1.76. The smallest absolute Gasteiger partial charge is 0.242 e. The summed E-state index contributed by atoms with van der Waals surface area (Å²) in [6, 6.07) is 9.77. The Balaban J connectivity index is 1.29. The summed E-state index contributed by atoms with van der Waals surface area (Å²) < 4.78 is 6.23. The van der Waals surface area contributed by atoms with Crippen LogP contribution in [0.15, 0.2) is 34.9 Å². The Kier molecular flexibility index (Phi) is 5.20. The van der Waals surface area contributed by atoms with E-state index in [0.717, 1.165) is 43.2 Å². The molecule has 1 N–H and O–H groups in total. The van der Waals surface area contributed by atoms with Crippen LogP contribution in [0, 0.1) is 6.92 Å². The zero-order valence-electron chi connectivity index (χ0n) is 15.5. The Morgan fingerprint density at radius 3 is 2.78 bits per heavy atom. The molecule has 1 amide bonds. The topological polar surface area (TPSA) is 74.5 Å². The number of carbonyl (C=O) groups is 1. The molecular weight excluding hydrogens is 362 g/mol. The average molecular weight is 385 g/mol. The molecule has 4 rings (SSSR count). The van der Waals surface area contributed by atoms with E-state index < -0.39 is 0 Å². The van der Waals surface area contributed by atoms with E-state index in [1.54, 1.807) is 24.3 Å². The summed E-state index contributed by atoms with van der Waals surface area (Å²) in [6.07, 6.45) is 0. The van der Waals surface area contributed by atoms with Crippen LogP contribution in [0.3, 0.4) is 0 Å². The number of nitrogens with zero attached hydrogens (tertiary/aromatic N) is 4. The van der Waals surface area contributed by atoms with Gasteiger partial charge in [-0.15, -0.1) is 11.3 Å². The minimum absolute atomic E-state index is 0.0528. The van der Waals surface area contributed by atoms with E-state index >= 15 is 0 Å². The number of benzene rings is 1. The van der Waals surface area contributed by atoms with Crippen molar-refractivity contribution in [3.8, 4) is 0 Å². The number of thiazole rings is 1. The molecule has 3 heterocycles. The van der Waals surface area contributed by atoms with Gasteiger partial charge in [0.25, 0.3) is 0 Å². The number of aryl methyl sites for hydroxylation is 1. The lowest BCUT2D eigenvalue weighted by atomic mass is 10.2. The predicted octanol–water partition coefficient (Wildman–Crippen LogP) is 2.74. The SMILES string of the molecule is Cc1cc(NC(=O)[C@@H](C)N2CCN(Cc3nc4ccccc4s3)CC2)no1. The molecule has 1 aromatic carbocycles. The summed E-state index contributed by atoms with van der Waals surface area (Å²) in [5.74, 6) is 1.10. The zero-order chi connectivity index (χ0) is 18.8. The molecule has 2 aromatic heterocycles. The fraction of sp³-hybridized carbons (Fsp3) is 0.421. The third-order valence-electron chi connectivity index (χ3n) is 4.91. The molecule has 1 fully saturated rings. The highest BCUT2D eigenvalue weighted by Gasteiger charge is 2.26. The van der Waals surface area contributed by atoms with Gasteiger partial charge in [0, 0.05) is 32.2 Å². The molecule has 142 valence electrons. The van der Waals surface area contributed by atoms with E-state index in [9.17, 15) is 4.79 Å². The van der Waals surface area contributed by atoms with E-state index in [0.29, 0.717) is 11.6 Å². The molecule has 0 saturated carbocycles. The number of aromatic nitrogens is 2. The molecular formula is C19H23N5O2S. The molecule has 0 bridgehead atoms. The van der Waals surface area contributed by atoms with Crippen LogP contribution in [-0.4, -0.2) is 58.1 Å². The Hall–Kier alpha value is -2.29. The number of hydrogen-bond acceptors (Lipinski definition) is 7. The van der Waals surface area contributed by atoms with Gasteiger partial charge in [0.2, 0.25) is 5.91 Å². The first-order valence-corrected chi connectivity index (χ1v) is 9.95. The van der Waals surface area contributed by atoms with Crippen LogP contribution in [0.2, 0.25) is 0 Å². The maximum atomic E-state index is 12.4. The molecule has 1 saturated heterocycles. The van der Waals surface area contributed by atoms with Crippen LogP contribution in [0.1, 0.15) is 17.7 Å². The Labute approximate surface area is 162 Å². The summed E-state index contributed by atoms with van der Waals surface area (Å²) in [4.78, 5) is 21.8. The summed E-state index contributed by atoms with van der Waals surface area (Å²) in [6.45, 7) is 8.18. The standard InChI is InChI=1S/C19H23N5O2S/c1-13-11-17(22-26-13)21-19(25)14(2)24-9-7-23(8-10-24)12-18-20-15-5-3-4-6-16(15)27-18/h3-6,11,14H,7-10,12H2,1-2H3,(H,21,22,25)/t14-/m1/s1. The minimum Gasteiger partial charge on any atom is -0.360 e. The largest absolute Gasteiger partial charge is 0.360 e. The van der Waals surface area contributed by atoms with Crippen LogP contribution in [0.4, 0.5) is 5.82 Å². The highest BCUT2D eigenvalue weighted by molar-refractivity contribution is 7.18. The van der Waals surface area contributed by atoms with Gasteiger partial charge >= 0.3 is 0 Å². The highest BCUT2D eigenvalue weighted by atomic mass is 32.1. The predicted molar refractivity (Wildman–Crippen MR) is 106 cm³/mol. The highest BCUT2D eigenvalue weighted by Crippen LogP contribution is 2.23. The van der Waals surface area contributed by atoms with Gasteiger partial charge < -0.3 is 9.84 Å². The molecule has 7 nitrogen and oxygen atoms in total. The first-order valence-electron chi connectivity index (χ1n) is 9.13. The first-order chi connectivity index (χ1) is 13.1. The van der Waals surface area contributed by atoms with Crippen molar-refractivity contribution < 1.29 is 9.32 Å². The van der Waals surface area contributed by atoms with Crippen LogP contribution in [-0.2, 0) is 11.3 Å². The molecule has 1 aliphatic heterocycles. The van der Waals surface area contributed by atoms with Gasteiger partial charge in [-0.2, -0.15) is 0 Å². The maximum Gasteiger partial charge on any atom is 0.242 e. The van der Waals surface area contributed by atoms with Crippen molar-refractivity contribution in [3.63, 3.8) is 0 Å². The summed E-state index contributed by atoms with van der Waals surface area (Å²) in [7, 11) is 0. The van der Waals surface area contributed by atoms with Crippen molar-refractivity contribution >= 4 is 33.3 Å². The van der Waals surface area contributed by atoms with Crippen LogP contribution in [0.25, 0.3) is 10.2 Å². The van der Waals surface area contributed by atoms with Gasteiger partial charge in [0.1, 0.15) is 10.8 Å². The number of carbonyl (C=O) groups excluding carboxylic acids is 1. The Morgan fingerprint density at radius 2 is 2.07 bits per heavy atom. The lowest BCUT2D eigenvalue weighted by Gasteiger charge is -2.36. The second-order valence-electron chi connectivity index (χ2n) is 6.88. The van der Waals surface area contributed by atoms with Gasteiger partial charge in [0.05, 0.1) is 22.8 Å². The van der Waals surface area contributed by atoms with E-state index in [1.165, 1.54) is 4.70 Å². The molecule has 0 spiro atoms. The molecule has 1 aliphatic rings. The van der Waals surface area contributed by atoms with Gasteiger partial charge in [-0.1, -0.05) is 17.3 Å². The third-order valence-corrected chi connectivity index (χ3v) is 5.93.